The van der Waals surface area contributed by atoms with Crippen LogP contribution >= 0.6 is 35.0 Å². The average molecular weight is 350 g/mol. The molecule has 0 radical (unpaired) electrons. The summed E-state index contributed by atoms with van der Waals surface area (Å²) in [6, 6.07) is 13.5. The van der Waals surface area contributed by atoms with Gasteiger partial charge in [-0.25, -0.2) is 0 Å². The number of thioether (sulfide) groups is 1. The number of halogens is 2. The highest BCUT2D eigenvalue weighted by molar-refractivity contribution is 7.98. The molecule has 0 amide bonds. The summed E-state index contributed by atoms with van der Waals surface area (Å²) >= 11 is 13.9. The van der Waals surface area contributed by atoms with E-state index in [4.69, 9.17) is 23.2 Å². The van der Waals surface area contributed by atoms with Crippen LogP contribution in [0, 0.1) is 0 Å². The van der Waals surface area contributed by atoms with E-state index in [1.807, 2.05) is 42.1 Å². The fourth-order valence-electron chi connectivity index (χ4n) is 2.30. The van der Waals surface area contributed by atoms with Crippen LogP contribution in [0.15, 0.2) is 47.4 Å². The van der Waals surface area contributed by atoms with Gasteiger partial charge in [0.25, 0.3) is 0 Å². The number of benzene rings is 2. The van der Waals surface area contributed by atoms with Crippen molar-refractivity contribution >= 4 is 35.0 Å². The van der Waals surface area contributed by atoms with Crippen molar-refractivity contribution in [1.82, 2.24) is 14.8 Å². The Morgan fingerprint density at radius 3 is 2.32 bits per heavy atom. The van der Waals surface area contributed by atoms with Gasteiger partial charge in [-0.05, 0) is 30.5 Å². The lowest BCUT2D eigenvalue weighted by Gasteiger charge is -2.08. The molecular formula is C16H13Cl2N3S. The third kappa shape index (κ3) is 2.74. The van der Waals surface area contributed by atoms with Crippen LogP contribution in [0.25, 0.3) is 22.8 Å². The van der Waals surface area contributed by atoms with E-state index < -0.39 is 0 Å². The Labute approximate surface area is 143 Å². The van der Waals surface area contributed by atoms with Crippen LogP contribution in [0.1, 0.15) is 0 Å². The molecule has 0 aliphatic carbocycles. The van der Waals surface area contributed by atoms with Crippen LogP contribution in [0.2, 0.25) is 10.0 Å². The van der Waals surface area contributed by atoms with Gasteiger partial charge in [-0.1, -0.05) is 41.4 Å². The van der Waals surface area contributed by atoms with Crippen molar-refractivity contribution in [1.29, 1.82) is 0 Å². The number of nitrogens with zero attached hydrogens (tertiary/aromatic N) is 3. The average Bonchev–Trinajstić information content (AvgIpc) is 2.89. The van der Waals surface area contributed by atoms with Crippen molar-refractivity contribution in [3.63, 3.8) is 0 Å². The zero-order valence-electron chi connectivity index (χ0n) is 12.0. The summed E-state index contributed by atoms with van der Waals surface area (Å²) < 4.78 is 1.95. The molecule has 6 heteroatoms. The lowest BCUT2D eigenvalue weighted by Crippen LogP contribution is -1.97. The molecule has 0 fully saturated rings. The van der Waals surface area contributed by atoms with Crippen LogP contribution in [0.3, 0.4) is 0 Å². The van der Waals surface area contributed by atoms with Gasteiger partial charge in [-0.2, -0.15) is 0 Å². The molecule has 0 aliphatic rings. The topological polar surface area (TPSA) is 30.7 Å². The first-order valence-electron chi connectivity index (χ1n) is 6.60. The van der Waals surface area contributed by atoms with E-state index in [9.17, 15) is 0 Å². The second kappa shape index (κ2) is 6.32. The maximum Gasteiger partial charge on any atom is 0.165 e. The molecule has 22 heavy (non-hydrogen) atoms. The molecule has 0 N–H and O–H groups in total. The number of hydrogen-bond donors (Lipinski definition) is 0. The molecule has 0 unspecified atom stereocenters. The Hall–Kier alpha value is -1.49. The van der Waals surface area contributed by atoms with Gasteiger partial charge in [0.05, 0.1) is 5.02 Å². The van der Waals surface area contributed by atoms with Crippen molar-refractivity contribution in [3.05, 3.63) is 52.5 Å². The lowest BCUT2D eigenvalue weighted by atomic mass is 10.2. The van der Waals surface area contributed by atoms with Gasteiger partial charge in [-0.15, -0.1) is 22.0 Å². The molecule has 0 spiro atoms. The molecule has 3 nitrogen and oxygen atoms in total. The predicted molar refractivity (Wildman–Crippen MR) is 93.7 cm³/mol. The minimum absolute atomic E-state index is 0.563. The molecular weight excluding hydrogens is 337 g/mol. The molecule has 2 aromatic carbocycles. The summed E-state index contributed by atoms with van der Waals surface area (Å²) in [5, 5.41) is 9.81. The Balaban J connectivity index is 2.13. The SMILES string of the molecule is CSc1ccccc1-c1nnc(-c2ccc(Cl)cc2Cl)n1C. The molecule has 112 valence electrons. The number of hydrogen-bond acceptors (Lipinski definition) is 3. The highest BCUT2D eigenvalue weighted by Gasteiger charge is 2.16. The van der Waals surface area contributed by atoms with Gasteiger partial charge >= 0.3 is 0 Å². The zero-order chi connectivity index (χ0) is 15.7. The van der Waals surface area contributed by atoms with Crippen molar-refractivity contribution in [3.8, 4) is 22.8 Å². The van der Waals surface area contributed by atoms with E-state index in [0.717, 1.165) is 21.8 Å². The second-order valence-corrected chi connectivity index (χ2v) is 6.42. The molecule has 0 aliphatic heterocycles. The minimum Gasteiger partial charge on any atom is -0.310 e. The first kappa shape index (κ1) is 15.4. The summed E-state index contributed by atoms with van der Waals surface area (Å²) in [5.41, 5.74) is 1.87. The van der Waals surface area contributed by atoms with E-state index in [-0.39, 0.29) is 0 Å². The predicted octanol–water partition coefficient (Wildman–Crippen LogP) is 5.18. The molecule has 0 saturated carbocycles. The van der Waals surface area contributed by atoms with Gasteiger partial charge in [-0.3, -0.25) is 0 Å². The van der Waals surface area contributed by atoms with Gasteiger partial charge in [0.15, 0.2) is 11.6 Å². The Bertz CT molecular complexity index is 830. The van der Waals surface area contributed by atoms with Crippen LogP contribution < -0.4 is 0 Å². The van der Waals surface area contributed by atoms with Gasteiger partial charge in [0.2, 0.25) is 0 Å². The zero-order valence-corrected chi connectivity index (χ0v) is 14.4. The lowest BCUT2D eigenvalue weighted by molar-refractivity contribution is 0.926. The second-order valence-electron chi connectivity index (χ2n) is 4.73. The van der Waals surface area contributed by atoms with Crippen LogP contribution in [-0.4, -0.2) is 21.0 Å². The maximum absolute atomic E-state index is 6.28. The third-order valence-electron chi connectivity index (χ3n) is 3.39. The maximum atomic E-state index is 6.28. The Kier molecular flexibility index (Phi) is 4.43. The molecule has 3 aromatic rings. The quantitative estimate of drug-likeness (QED) is 0.610. The van der Waals surface area contributed by atoms with Crippen LogP contribution in [0.5, 0.6) is 0 Å². The highest BCUT2D eigenvalue weighted by Crippen LogP contribution is 2.33. The van der Waals surface area contributed by atoms with E-state index in [2.05, 4.69) is 16.3 Å². The van der Waals surface area contributed by atoms with Crippen LogP contribution in [0.4, 0.5) is 0 Å². The minimum atomic E-state index is 0.563. The van der Waals surface area contributed by atoms with E-state index >= 15 is 0 Å². The van der Waals surface area contributed by atoms with Crippen molar-refractivity contribution in [2.75, 3.05) is 6.26 Å². The molecule has 0 saturated heterocycles. The summed E-state index contributed by atoms with van der Waals surface area (Å²) in [6.07, 6.45) is 2.05. The Morgan fingerprint density at radius 1 is 0.955 bits per heavy atom. The normalized spacial score (nSPS) is 10.9. The summed E-state index contributed by atoms with van der Waals surface area (Å²) in [4.78, 5) is 1.16. The van der Waals surface area contributed by atoms with E-state index in [1.54, 1.807) is 23.9 Å². The molecule has 1 aromatic heterocycles. The van der Waals surface area contributed by atoms with Crippen molar-refractivity contribution in [2.45, 2.75) is 4.90 Å². The van der Waals surface area contributed by atoms with Crippen molar-refractivity contribution in [2.24, 2.45) is 7.05 Å². The standard InChI is InChI=1S/C16H13Cl2N3S/c1-21-15(11-8-7-10(17)9-13(11)18)19-20-16(21)12-5-3-4-6-14(12)22-2/h3-9H,1-2H3. The molecule has 0 bridgehead atoms. The Morgan fingerprint density at radius 2 is 1.64 bits per heavy atom. The fourth-order valence-corrected chi connectivity index (χ4v) is 3.39. The third-order valence-corrected chi connectivity index (χ3v) is 4.74. The fraction of sp³-hybridized carbons (Fsp3) is 0.125. The molecule has 1 heterocycles. The van der Waals surface area contributed by atoms with Gasteiger partial charge in [0.1, 0.15) is 0 Å². The van der Waals surface area contributed by atoms with Crippen molar-refractivity contribution < 1.29 is 0 Å². The van der Waals surface area contributed by atoms with E-state index in [1.165, 1.54) is 0 Å². The number of aromatic nitrogens is 3. The molecule has 0 atom stereocenters. The van der Waals surface area contributed by atoms with Crippen LogP contribution in [-0.2, 0) is 7.05 Å². The first-order valence-corrected chi connectivity index (χ1v) is 8.58. The molecule has 3 rings (SSSR count). The van der Waals surface area contributed by atoms with Gasteiger partial charge < -0.3 is 4.57 Å². The summed E-state index contributed by atoms with van der Waals surface area (Å²) in [7, 11) is 1.94. The monoisotopic (exact) mass is 349 g/mol. The first-order chi connectivity index (χ1) is 10.6. The largest absolute Gasteiger partial charge is 0.310 e. The van der Waals surface area contributed by atoms with E-state index in [0.29, 0.717) is 15.9 Å². The smallest absolute Gasteiger partial charge is 0.165 e. The number of rotatable bonds is 3. The highest BCUT2D eigenvalue weighted by atomic mass is 35.5. The summed E-state index contributed by atoms with van der Waals surface area (Å²) in [6.45, 7) is 0. The summed E-state index contributed by atoms with van der Waals surface area (Å²) in [5.74, 6) is 1.53. The van der Waals surface area contributed by atoms with Gasteiger partial charge in [0, 0.05) is 28.1 Å².